The zero-order chi connectivity index (χ0) is 17.7. The third-order valence-electron chi connectivity index (χ3n) is 6.16. The molecule has 1 amide bonds. The van der Waals surface area contributed by atoms with Gasteiger partial charge >= 0.3 is 0 Å². The molecule has 0 radical (unpaired) electrons. The average Bonchev–Trinajstić information content (AvgIpc) is 3.40. The predicted molar refractivity (Wildman–Crippen MR) is 96.9 cm³/mol. The van der Waals surface area contributed by atoms with E-state index in [-0.39, 0.29) is 29.3 Å². The van der Waals surface area contributed by atoms with Gasteiger partial charge in [0.1, 0.15) is 0 Å². The number of nitrogens with one attached hydrogen (secondary N) is 1. The standard InChI is InChI=1S/C19H20FN3O2S/c20-15-8-21-5-2-16(15)23-9-14-13(17-1-4-19(14,11-23)25-17)7-22-18(24)12-3-6-26-10-12/h2-3,5-6,8,10,13-14,17H,1,4,7,9,11H2,(H,22,24)/t13-,14+,17+,19+/m0/s1. The topological polar surface area (TPSA) is 54.5 Å². The summed E-state index contributed by atoms with van der Waals surface area (Å²) in [6.45, 7) is 2.08. The van der Waals surface area contributed by atoms with Crippen molar-refractivity contribution in [3.8, 4) is 0 Å². The molecular weight excluding hydrogens is 353 g/mol. The molecule has 3 aliphatic rings. The molecule has 3 aliphatic heterocycles. The molecule has 0 aromatic carbocycles. The number of carbonyl (C=O) groups is 1. The first-order valence-corrected chi connectivity index (χ1v) is 9.93. The van der Waals surface area contributed by atoms with Crippen LogP contribution in [0.5, 0.6) is 0 Å². The Balaban J connectivity index is 1.32. The Morgan fingerprint density at radius 3 is 3.23 bits per heavy atom. The van der Waals surface area contributed by atoms with E-state index < -0.39 is 0 Å². The number of thiophene rings is 1. The quantitative estimate of drug-likeness (QED) is 0.895. The van der Waals surface area contributed by atoms with E-state index in [0.717, 1.165) is 19.4 Å². The highest BCUT2D eigenvalue weighted by molar-refractivity contribution is 7.08. The first-order chi connectivity index (χ1) is 12.7. The van der Waals surface area contributed by atoms with E-state index >= 15 is 0 Å². The molecule has 136 valence electrons. The van der Waals surface area contributed by atoms with Crippen LogP contribution < -0.4 is 10.2 Å². The van der Waals surface area contributed by atoms with Crippen LogP contribution in [0.2, 0.25) is 0 Å². The van der Waals surface area contributed by atoms with Gasteiger partial charge in [0.05, 0.1) is 23.6 Å². The van der Waals surface area contributed by atoms with Crippen LogP contribution in [-0.4, -0.2) is 42.2 Å². The summed E-state index contributed by atoms with van der Waals surface area (Å²) in [4.78, 5) is 18.2. The highest BCUT2D eigenvalue weighted by Crippen LogP contribution is 2.55. The summed E-state index contributed by atoms with van der Waals surface area (Å²) in [5.74, 6) is 0.275. The molecular formula is C19H20FN3O2S. The van der Waals surface area contributed by atoms with Crippen molar-refractivity contribution in [2.75, 3.05) is 24.5 Å². The maximum Gasteiger partial charge on any atom is 0.252 e. The van der Waals surface area contributed by atoms with Crippen molar-refractivity contribution in [3.63, 3.8) is 0 Å². The maximum atomic E-state index is 14.2. The molecule has 7 heteroatoms. The summed E-state index contributed by atoms with van der Waals surface area (Å²) in [5.41, 5.74) is 1.11. The first kappa shape index (κ1) is 16.2. The third kappa shape index (κ3) is 2.45. The second-order valence-corrected chi connectivity index (χ2v) is 8.24. The van der Waals surface area contributed by atoms with Crippen LogP contribution in [0.25, 0.3) is 0 Å². The zero-order valence-electron chi connectivity index (χ0n) is 14.2. The van der Waals surface area contributed by atoms with E-state index in [1.165, 1.54) is 17.5 Å². The van der Waals surface area contributed by atoms with Crippen LogP contribution in [0, 0.1) is 17.7 Å². The fraction of sp³-hybridized carbons (Fsp3) is 0.474. The van der Waals surface area contributed by atoms with Crippen molar-refractivity contribution in [1.82, 2.24) is 10.3 Å². The van der Waals surface area contributed by atoms with Gasteiger partial charge in [-0.1, -0.05) is 0 Å². The fourth-order valence-electron chi connectivity index (χ4n) is 4.98. The zero-order valence-corrected chi connectivity index (χ0v) is 15.0. The van der Waals surface area contributed by atoms with E-state index in [1.54, 1.807) is 12.3 Å². The first-order valence-electron chi connectivity index (χ1n) is 8.99. The molecule has 0 aliphatic carbocycles. The van der Waals surface area contributed by atoms with Gasteiger partial charge in [0.2, 0.25) is 0 Å². The lowest BCUT2D eigenvalue weighted by atomic mass is 9.73. The minimum atomic E-state index is -0.291. The molecule has 1 spiro atoms. The SMILES string of the molecule is O=C(NC[C@H]1[C@H]2CN(c3ccncc3F)C[C@]23CC[C@H]1O3)c1ccsc1. The maximum absolute atomic E-state index is 14.2. The number of aromatic nitrogens is 1. The van der Waals surface area contributed by atoms with E-state index in [4.69, 9.17) is 4.74 Å². The minimum absolute atomic E-state index is 0.0295. The van der Waals surface area contributed by atoms with Gasteiger partial charge in [-0.05, 0) is 30.4 Å². The molecule has 26 heavy (non-hydrogen) atoms. The lowest BCUT2D eigenvalue weighted by Crippen LogP contribution is -2.41. The van der Waals surface area contributed by atoms with Crippen LogP contribution in [-0.2, 0) is 4.74 Å². The van der Waals surface area contributed by atoms with Crippen LogP contribution in [0.15, 0.2) is 35.3 Å². The summed E-state index contributed by atoms with van der Waals surface area (Å²) in [7, 11) is 0. The fourth-order valence-corrected chi connectivity index (χ4v) is 5.61. The van der Waals surface area contributed by atoms with Crippen molar-refractivity contribution in [1.29, 1.82) is 0 Å². The number of halogens is 1. The molecule has 0 saturated carbocycles. The third-order valence-corrected chi connectivity index (χ3v) is 6.84. The highest BCUT2D eigenvalue weighted by Gasteiger charge is 2.63. The lowest BCUT2D eigenvalue weighted by molar-refractivity contribution is 0.0141. The van der Waals surface area contributed by atoms with Gasteiger partial charge in [0.15, 0.2) is 5.82 Å². The normalized spacial score (nSPS) is 32.0. The van der Waals surface area contributed by atoms with Crippen molar-refractivity contribution in [3.05, 3.63) is 46.7 Å². The minimum Gasteiger partial charge on any atom is -0.369 e. The molecule has 2 aromatic heterocycles. The molecule has 5 rings (SSSR count). The monoisotopic (exact) mass is 373 g/mol. The van der Waals surface area contributed by atoms with Gasteiger partial charge in [-0.2, -0.15) is 11.3 Å². The average molecular weight is 373 g/mol. The molecule has 3 saturated heterocycles. The molecule has 0 unspecified atom stereocenters. The summed E-state index contributed by atoms with van der Waals surface area (Å²) in [6.07, 6.45) is 5.12. The number of rotatable bonds is 4. The number of pyridine rings is 1. The Morgan fingerprint density at radius 1 is 1.50 bits per heavy atom. The molecule has 5 heterocycles. The summed E-state index contributed by atoms with van der Waals surface area (Å²) in [6, 6.07) is 3.56. The molecule has 2 bridgehead atoms. The van der Waals surface area contributed by atoms with Gasteiger partial charge in [0.25, 0.3) is 5.91 Å². The van der Waals surface area contributed by atoms with Crippen LogP contribution in [0.3, 0.4) is 0 Å². The van der Waals surface area contributed by atoms with Crippen molar-refractivity contribution < 1.29 is 13.9 Å². The van der Waals surface area contributed by atoms with Crippen molar-refractivity contribution in [2.45, 2.75) is 24.5 Å². The van der Waals surface area contributed by atoms with Gasteiger partial charge in [-0.3, -0.25) is 9.78 Å². The van der Waals surface area contributed by atoms with E-state index in [0.29, 0.717) is 30.3 Å². The molecule has 1 N–H and O–H groups in total. The Morgan fingerprint density at radius 2 is 2.42 bits per heavy atom. The van der Waals surface area contributed by atoms with Crippen LogP contribution >= 0.6 is 11.3 Å². The molecule has 3 fully saturated rings. The Labute approximate surface area is 155 Å². The number of hydrogen-bond donors (Lipinski definition) is 1. The van der Waals surface area contributed by atoms with Gasteiger partial charge in [-0.25, -0.2) is 4.39 Å². The number of hydrogen-bond acceptors (Lipinski definition) is 5. The predicted octanol–water partition coefficient (Wildman–Crippen LogP) is 2.70. The Bertz CT molecular complexity index is 830. The second-order valence-electron chi connectivity index (χ2n) is 7.46. The summed E-state index contributed by atoms with van der Waals surface area (Å²) >= 11 is 1.52. The number of nitrogens with zero attached hydrogens (tertiary/aromatic N) is 2. The Kier molecular flexibility index (Phi) is 3.76. The largest absolute Gasteiger partial charge is 0.369 e. The number of amides is 1. The summed E-state index contributed by atoms with van der Waals surface area (Å²) in [5, 5.41) is 6.84. The van der Waals surface area contributed by atoms with Gasteiger partial charge < -0.3 is 15.0 Å². The smallest absolute Gasteiger partial charge is 0.252 e. The number of anilines is 1. The number of ether oxygens (including phenoxy) is 1. The lowest BCUT2D eigenvalue weighted by Gasteiger charge is -2.29. The van der Waals surface area contributed by atoms with E-state index in [9.17, 15) is 9.18 Å². The highest BCUT2D eigenvalue weighted by atomic mass is 32.1. The van der Waals surface area contributed by atoms with E-state index in [2.05, 4.69) is 15.2 Å². The van der Waals surface area contributed by atoms with Crippen LogP contribution in [0.1, 0.15) is 23.2 Å². The summed E-state index contributed by atoms with van der Waals surface area (Å²) < 4.78 is 20.5. The number of fused-ring (bicyclic) bond motifs is 1. The van der Waals surface area contributed by atoms with Crippen molar-refractivity contribution in [2.24, 2.45) is 11.8 Å². The molecule has 2 aromatic rings. The van der Waals surface area contributed by atoms with Gasteiger partial charge in [0, 0.05) is 48.6 Å². The molecule has 4 atom stereocenters. The molecule has 5 nitrogen and oxygen atoms in total. The second kappa shape index (κ2) is 6.03. The van der Waals surface area contributed by atoms with Crippen molar-refractivity contribution >= 4 is 22.9 Å². The van der Waals surface area contributed by atoms with Gasteiger partial charge in [-0.15, -0.1) is 0 Å². The Hall–Kier alpha value is -1.99. The number of carbonyl (C=O) groups excluding carboxylic acids is 1. The van der Waals surface area contributed by atoms with Crippen LogP contribution in [0.4, 0.5) is 10.1 Å². The van der Waals surface area contributed by atoms with E-state index in [1.807, 2.05) is 16.8 Å².